The fraction of sp³-hybridized carbons (Fsp3) is 0.0833. The first kappa shape index (κ1) is 19.9. The predicted molar refractivity (Wildman–Crippen MR) is 117 cm³/mol. The van der Waals surface area contributed by atoms with Crippen LogP contribution in [0.1, 0.15) is 12.5 Å². The summed E-state index contributed by atoms with van der Waals surface area (Å²) in [6, 6.07) is 19.7. The number of fused-ring (bicyclic) bond motifs is 1. The minimum Gasteiger partial charge on any atom is -0.497 e. The van der Waals surface area contributed by atoms with Gasteiger partial charge in [0.15, 0.2) is 5.82 Å². The Bertz CT molecular complexity index is 1400. The maximum absolute atomic E-state index is 12.7. The minimum atomic E-state index is -0.564. The Morgan fingerprint density at radius 3 is 2.52 bits per heavy atom. The number of hydrogen-bond acceptors (Lipinski definition) is 6. The van der Waals surface area contributed by atoms with Crippen molar-refractivity contribution in [3.05, 3.63) is 76.6 Å². The van der Waals surface area contributed by atoms with Crippen molar-refractivity contribution in [1.82, 2.24) is 4.98 Å². The van der Waals surface area contributed by atoms with Crippen LogP contribution in [-0.4, -0.2) is 18.0 Å². The van der Waals surface area contributed by atoms with Gasteiger partial charge in [-0.25, -0.2) is 9.78 Å². The molecule has 0 saturated carbocycles. The highest BCUT2D eigenvalue weighted by atomic mass is 16.5. The molecule has 2 aromatic heterocycles. The van der Waals surface area contributed by atoms with Crippen LogP contribution in [0, 0.1) is 11.3 Å². The van der Waals surface area contributed by atoms with Gasteiger partial charge in [0.25, 0.3) is 0 Å². The van der Waals surface area contributed by atoms with Crippen LogP contribution in [0.25, 0.3) is 33.4 Å². The predicted octanol–water partition coefficient (Wildman–Crippen LogP) is 4.36. The number of hydrogen-bond donors (Lipinski definition) is 1. The van der Waals surface area contributed by atoms with Gasteiger partial charge in [0.2, 0.25) is 5.91 Å². The molecule has 0 atom stereocenters. The zero-order valence-corrected chi connectivity index (χ0v) is 16.8. The summed E-state index contributed by atoms with van der Waals surface area (Å²) in [4.78, 5) is 28.8. The molecule has 0 spiro atoms. The van der Waals surface area contributed by atoms with Gasteiger partial charge in [0, 0.05) is 17.9 Å². The Balaban J connectivity index is 1.99. The van der Waals surface area contributed by atoms with Gasteiger partial charge in [-0.15, -0.1) is 0 Å². The molecule has 152 valence electrons. The summed E-state index contributed by atoms with van der Waals surface area (Å²) in [6.07, 6.45) is 0. The van der Waals surface area contributed by atoms with Gasteiger partial charge in [-0.05, 0) is 35.9 Å². The number of nitrogens with zero attached hydrogens (tertiary/aromatic N) is 2. The van der Waals surface area contributed by atoms with Crippen LogP contribution < -0.4 is 15.7 Å². The standard InChI is InChI=1S/C24H17N3O4/c1-14(28)26-23-20(13-25)18(15-7-9-17(30-2)10-8-15)12-21(27-23)19-11-16-5-3-4-6-22(16)31-24(19)29/h3-12H,1-2H3,(H,26,27,28). The third kappa shape index (κ3) is 3.87. The molecule has 0 aliphatic rings. The topological polar surface area (TPSA) is 105 Å². The average Bonchev–Trinajstić information content (AvgIpc) is 2.77. The second kappa shape index (κ2) is 8.13. The number of amides is 1. The minimum absolute atomic E-state index is 0.0749. The van der Waals surface area contributed by atoms with E-state index in [4.69, 9.17) is 9.15 Å². The summed E-state index contributed by atoms with van der Waals surface area (Å²) in [7, 11) is 1.56. The lowest BCUT2D eigenvalue weighted by Crippen LogP contribution is -2.12. The molecule has 7 heteroatoms. The fourth-order valence-corrected chi connectivity index (χ4v) is 3.29. The number of methoxy groups -OCH3 is 1. The number of benzene rings is 2. The van der Waals surface area contributed by atoms with Crippen molar-refractivity contribution in [3.63, 3.8) is 0 Å². The number of carbonyl (C=O) groups excluding carboxylic acids is 1. The highest BCUT2D eigenvalue weighted by molar-refractivity contribution is 5.92. The molecule has 0 aliphatic heterocycles. The monoisotopic (exact) mass is 411 g/mol. The molecule has 0 aliphatic carbocycles. The number of para-hydroxylation sites is 1. The van der Waals surface area contributed by atoms with E-state index < -0.39 is 5.63 Å². The SMILES string of the molecule is COc1ccc(-c2cc(-c3cc4ccccc4oc3=O)nc(NC(C)=O)c2C#N)cc1. The van der Waals surface area contributed by atoms with Crippen molar-refractivity contribution in [3.8, 4) is 34.2 Å². The second-order valence-corrected chi connectivity index (χ2v) is 6.79. The third-order valence-corrected chi connectivity index (χ3v) is 4.74. The first-order valence-corrected chi connectivity index (χ1v) is 9.40. The molecule has 4 aromatic rings. The van der Waals surface area contributed by atoms with Gasteiger partial charge in [0.1, 0.15) is 23.0 Å². The molecule has 4 rings (SSSR count). The molecule has 2 heterocycles. The van der Waals surface area contributed by atoms with Crippen LogP contribution in [0.5, 0.6) is 5.75 Å². The first-order valence-electron chi connectivity index (χ1n) is 9.40. The summed E-state index contributed by atoms with van der Waals surface area (Å²) in [6.45, 7) is 1.33. The van der Waals surface area contributed by atoms with E-state index >= 15 is 0 Å². The van der Waals surface area contributed by atoms with Crippen molar-refractivity contribution in [2.24, 2.45) is 0 Å². The summed E-state index contributed by atoms with van der Waals surface area (Å²) >= 11 is 0. The van der Waals surface area contributed by atoms with E-state index in [1.165, 1.54) is 6.92 Å². The number of rotatable bonds is 4. The number of ether oxygens (including phenoxy) is 1. The number of anilines is 1. The number of aromatic nitrogens is 1. The normalized spacial score (nSPS) is 10.5. The largest absolute Gasteiger partial charge is 0.497 e. The lowest BCUT2D eigenvalue weighted by Gasteiger charge is -2.13. The number of pyridine rings is 1. The Kier molecular flexibility index (Phi) is 5.21. The maximum atomic E-state index is 12.7. The van der Waals surface area contributed by atoms with Crippen LogP contribution in [0.2, 0.25) is 0 Å². The van der Waals surface area contributed by atoms with Crippen molar-refractivity contribution in [2.45, 2.75) is 6.92 Å². The summed E-state index contributed by atoms with van der Waals surface area (Å²) < 4.78 is 10.6. The molecular formula is C24H17N3O4. The lowest BCUT2D eigenvalue weighted by molar-refractivity contribution is -0.114. The summed E-state index contributed by atoms with van der Waals surface area (Å²) in [5.74, 6) is 0.354. The molecular weight excluding hydrogens is 394 g/mol. The van der Waals surface area contributed by atoms with Crippen LogP contribution in [-0.2, 0) is 4.79 Å². The van der Waals surface area contributed by atoms with E-state index in [2.05, 4.69) is 16.4 Å². The van der Waals surface area contributed by atoms with Crippen molar-refractivity contribution in [1.29, 1.82) is 5.26 Å². The number of nitriles is 1. The Morgan fingerprint density at radius 2 is 1.84 bits per heavy atom. The van der Waals surface area contributed by atoms with Crippen LogP contribution >= 0.6 is 0 Å². The Hall–Kier alpha value is -4.44. The first-order chi connectivity index (χ1) is 15.0. The average molecular weight is 411 g/mol. The van der Waals surface area contributed by atoms with E-state index in [1.54, 1.807) is 55.6 Å². The number of nitrogens with one attached hydrogen (secondary N) is 1. The fourth-order valence-electron chi connectivity index (χ4n) is 3.29. The van der Waals surface area contributed by atoms with Crippen LogP contribution in [0.4, 0.5) is 5.82 Å². The van der Waals surface area contributed by atoms with Crippen molar-refractivity contribution in [2.75, 3.05) is 12.4 Å². The van der Waals surface area contributed by atoms with Gasteiger partial charge >= 0.3 is 5.63 Å². The number of carbonyl (C=O) groups is 1. The molecule has 0 radical (unpaired) electrons. The second-order valence-electron chi connectivity index (χ2n) is 6.79. The molecule has 0 unspecified atom stereocenters. The van der Waals surface area contributed by atoms with E-state index in [0.717, 1.165) is 5.39 Å². The van der Waals surface area contributed by atoms with E-state index in [9.17, 15) is 14.9 Å². The molecule has 31 heavy (non-hydrogen) atoms. The highest BCUT2D eigenvalue weighted by Gasteiger charge is 2.18. The van der Waals surface area contributed by atoms with Gasteiger partial charge < -0.3 is 14.5 Å². The van der Waals surface area contributed by atoms with Gasteiger partial charge in [0.05, 0.1) is 18.4 Å². The Morgan fingerprint density at radius 1 is 1.10 bits per heavy atom. The maximum Gasteiger partial charge on any atom is 0.345 e. The lowest BCUT2D eigenvalue weighted by atomic mass is 9.98. The molecule has 0 saturated heterocycles. The van der Waals surface area contributed by atoms with E-state index in [-0.39, 0.29) is 28.5 Å². The van der Waals surface area contributed by atoms with Gasteiger partial charge in [-0.2, -0.15) is 5.26 Å². The molecule has 7 nitrogen and oxygen atoms in total. The zero-order chi connectivity index (χ0) is 22.0. The zero-order valence-electron chi connectivity index (χ0n) is 16.8. The van der Waals surface area contributed by atoms with Gasteiger partial charge in [-0.1, -0.05) is 30.3 Å². The van der Waals surface area contributed by atoms with Crippen LogP contribution in [0.15, 0.2) is 69.9 Å². The van der Waals surface area contributed by atoms with E-state index in [1.807, 2.05) is 12.1 Å². The molecule has 0 bridgehead atoms. The highest BCUT2D eigenvalue weighted by Crippen LogP contribution is 2.33. The molecule has 2 aromatic carbocycles. The molecule has 0 fully saturated rings. The summed E-state index contributed by atoms with van der Waals surface area (Å²) in [5.41, 5.74) is 1.82. The Labute approximate surface area is 177 Å². The summed E-state index contributed by atoms with van der Waals surface area (Å²) in [5, 5.41) is 13.1. The van der Waals surface area contributed by atoms with E-state index in [0.29, 0.717) is 22.5 Å². The van der Waals surface area contributed by atoms with Crippen molar-refractivity contribution >= 4 is 22.7 Å². The van der Waals surface area contributed by atoms with Crippen molar-refractivity contribution < 1.29 is 13.9 Å². The molecule has 1 amide bonds. The molecule has 1 N–H and O–H groups in total. The quantitative estimate of drug-likeness (QED) is 0.500. The van der Waals surface area contributed by atoms with Gasteiger partial charge in [-0.3, -0.25) is 4.79 Å². The third-order valence-electron chi connectivity index (χ3n) is 4.74. The van der Waals surface area contributed by atoms with Crippen LogP contribution in [0.3, 0.4) is 0 Å². The smallest absolute Gasteiger partial charge is 0.345 e.